The topological polar surface area (TPSA) is 102 Å². The van der Waals surface area contributed by atoms with Gasteiger partial charge in [0, 0.05) is 22.7 Å². The Balaban J connectivity index is 1.81. The number of benzene rings is 2. The largest absolute Gasteiger partial charge is 0.465 e. The van der Waals surface area contributed by atoms with Crippen LogP contribution in [0.25, 0.3) is 0 Å². The molecule has 0 saturated carbocycles. The summed E-state index contributed by atoms with van der Waals surface area (Å²) in [6, 6.07) is 12.5. The standard InChI is InChI=1S/C20H19N3O5/c1-22-11-14(12-7-9-13(10-8-12)18(24)28-2)17(23(26)27)20(22)15-5-3-4-6-16(15)21-19(20)25/h3-10,14,17H,11H2,1-2H3,(H,21,25)/t14-,17-,20+/m0/s1. The molecule has 0 bridgehead atoms. The number of hydrogen-bond acceptors (Lipinski definition) is 6. The molecule has 8 nitrogen and oxygen atoms in total. The van der Waals surface area contributed by atoms with Gasteiger partial charge in [-0.25, -0.2) is 4.79 Å². The lowest BCUT2D eigenvalue weighted by Gasteiger charge is -2.30. The van der Waals surface area contributed by atoms with Crippen molar-refractivity contribution in [2.24, 2.45) is 0 Å². The third kappa shape index (κ3) is 2.34. The molecule has 1 amide bonds. The van der Waals surface area contributed by atoms with E-state index in [0.29, 0.717) is 28.9 Å². The predicted molar refractivity (Wildman–Crippen MR) is 101 cm³/mol. The molecule has 1 spiro atoms. The third-order valence-electron chi connectivity index (χ3n) is 5.80. The fraction of sp³-hybridized carbons (Fsp3) is 0.300. The number of carbonyl (C=O) groups excluding carboxylic acids is 2. The maximum absolute atomic E-state index is 13.0. The van der Waals surface area contributed by atoms with Crippen LogP contribution in [0.4, 0.5) is 5.69 Å². The molecule has 2 aliphatic heterocycles. The van der Waals surface area contributed by atoms with Gasteiger partial charge in [-0.15, -0.1) is 0 Å². The number of methoxy groups -OCH3 is 1. The van der Waals surface area contributed by atoms with E-state index in [2.05, 4.69) is 5.32 Å². The minimum Gasteiger partial charge on any atom is -0.465 e. The van der Waals surface area contributed by atoms with E-state index in [-0.39, 0.29) is 10.8 Å². The van der Waals surface area contributed by atoms with Gasteiger partial charge in [0.1, 0.15) is 0 Å². The van der Waals surface area contributed by atoms with Crippen LogP contribution in [0.5, 0.6) is 0 Å². The molecule has 8 heteroatoms. The molecule has 0 aromatic heterocycles. The predicted octanol–water partition coefficient (Wildman–Crippen LogP) is 2.00. The average Bonchev–Trinajstić information content (AvgIpc) is 3.17. The van der Waals surface area contributed by atoms with Crippen LogP contribution in [0.3, 0.4) is 0 Å². The Kier molecular flexibility index (Phi) is 4.15. The second-order valence-electron chi connectivity index (χ2n) is 7.10. The highest BCUT2D eigenvalue weighted by molar-refractivity contribution is 6.06. The molecule has 1 N–H and O–H groups in total. The van der Waals surface area contributed by atoms with E-state index in [1.54, 1.807) is 60.5 Å². The zero-order valence-corrected chi connectivity index (χ0v) is 15.4. The first-order valence-electron chi connectivity index (χ1n) is 8.85. The van der Waals surface area contributed by atoms with E-state index in [1.165, 1.54) is 7.11 Å². The van der Waals surface area contributed by atoms with E-state index in [9.17, 15) is 19.7 Å². The van der Waals surface area contributed by atoms with Crippen molar-refractivity contribution in [1.82, 2.24) is 4.90 Å². The Labute approximate surface area is 161 Å². The molecule has 2 heterocycles. The Bertz CT molecular complexity index is 974. The quantitative estimate of drug-likeness (QED) is 0.496. The van der Waals surface area contributed by atoms with Gasteiger partial charge in [0.05, 0.1) is 18.6 Å². The molecule has 1 saturated heterocycles. The van der Waals surface area contributed by atoms with Crippen molar-refractivity contribution < 1.29 is 19.2 Å². The first kappa shape index (κ1) is 18.1. The molecule has 1 fully saturated rings. The van der Waals surface area contributed by atoms with Crippen molar-refractivity contribution >= 4 is 17.6 Å². The van der Waals surface area contributed by atoms with Crippen LogP contribution in [-0.4, -0.2) is 48.4 Å². The van der Waals surface area contributed by atoms with Crippen LogP contribution in [0, 0.1) is 10.1 Å². The number of likely N-dealkylation sites (N-methyl/N-ethyl adjacent to an activating group) is 1. The van der Waals surface area contributed by atoms with Crippen molar-refractivity contribution in [2.45, 2.75) is 17.5 Å². The summed E-state index contributed by atoms with van der Waals surface area (Å²) in [6.45, 7) is 0.338. The molecular formula is C20H19N3O5. The van der Waals surface area contributed by atoms with E-state index < -0.39 is 23.5 Å². The van der Waals surface area contributed by atoms with Gasteiger partial charge in [0.2, 0.25) is 0 Å². The highest BCUT2D eigenvalue weighted by atomic mass is 16.6. The summed E-state index contributed by atoms with van der Waals surface area (Å²) >= 11 is 0. The highest BCUT2D eigenvalue weighted by Gasteiger charge is 2.68. The number of nitro groups is 1. The SMILES string of the molecule is COC(=O)c1ccc([C@@H]2CN(C)[C@@]3(C(=O)Nc4ccccc43)[C@H]2[N+](=O)[O-])cc1. The Morgan fingerprint density at radius 3 is 2.57 bits per heavy atom. The lowest BCUT2D eigenvalue weighted by molar-refractivity contribution is -0.534. The number of carbonyl (C=O) groups is 2. The minimum atomic E-state index is -1.37. The van der Waals surface area contributed by atoms with E-state index in [0.717, 1.165) is 0 Å². The van der Waals surface area contributed by atoms with Crippen LogP contribution >= 0.6 is 0 Å². The summed E-state index contributed by atoms with van der Waals surface area (Å²) < 4.78 is 4.70. The van der Waals surface area contributed by atoms with Crippen LogP contribution < -0.4 is 5.32 Å². The molecule has 0 radical (unpaired) electrons. The molecule has 2 aromatic carbocycles. The monoisotopic (exact) mass is 381 g/mol. The zero-order valence-electron chi connectivity index (χ0n) is 15.4. The van der Waals surface area contributed by atoms with E-state index in [1.807, 2.05) is 0 Å². The van der Waals surface area contributed by atoms with Crippen molar-refractivity contribution in [3.63, 3.8) is 0 Å². The fourth-order valence-electron chi connectivity index (χ4n) is 4.56. The minimum absolute atomic E-state index is 0.338. The van der Waals surface area contributed by atoms with Crippen LogP contribution in [0.15, 0.2) is 48.5 Å². The second-order valence-corrected chi connectivity index (χ2v) is 7.10. The molecule has 144 valence electrons. The highest BCUT2D eigenvalue weighted by Crippen LogP contribution is 2.51. The van der Waals surface area contributed by atoms with Crippen LogP contribution in [0.2, 0.25) is 0 Å². The number of para-hydroxylation sites is 1. The normalized spacial score (nSPS) is 26.1. The number of anilines is 1. The maximum Gasteiger partial charge on any atom is 0.337 e. The molecule has 2 aliphatic rings. The number of amides is 1. The van der Waals surface area contributed by atoms with E-state index in [4.69, 9.17) is 4.74 Å². The Hall–Kier alpha value is -3.26. The Morgan fingerprint density at radius 2 is 1.93 bits per heavy atom. The molecule has 4 rings (SSSR count). The summed E-state index contributed by atoms with van der Waals surface area (Å²) in [6.07, 6.45) is 0. The number of esters is 1. The molecule has 2 aromatic rings. The molecule has 28 heavy (non-hydrogen) atoms. The van der Waals surface area contributed by atoms with E-state index >= 15 is 0 Å². The molecule has 0 aliphatic carbocycles. The number of nitrogens with one attached hydrogen (secondary N) is 1. The van der Waals surface area contributed by atoms with Gasteiger partial charge in [-0.1, -0.05) is 30.3 Å². The second kappa shape index (κ2) is 6.42. The van der Waals surface area contributed by atoms with Crippen molar-refractivity contribution in [1.29, 1.82) is 0 Å². The zero-order chi connectivity index (χ0) is 20.1. The van der Waals surface area contributed by atoms with Gasteiger partial charge in [-0.05, 0) is 30.8 Å². The number of nitrogens with zero attached hydrogens (tertiary/aromatic N) is 2. The molecule has 3 atom stereocenters. The van der Waals surface area contributed by atoms with Gasteiger partial charge in [-0.2, -0.15) is 0 Å². The number of rotatable bonds is 3. The lowest BCUT2D eigenvalue weighted by Crippen LogP contribution is -2.54. The molecular weight excluding hydrogens is 362 g/mol. The summed E-state index contributed by atoms with van der Waals surface area (Å²) in [7, 11) is 3.03. The van der Waals surface area contributed by atoms with Crippen molar-refractivity contribution in [2.75, 3.05) is 26.0 Å². The maximum atomic E-state index is 13.0. The van der Waals surface area contributed by atoms with Crippen LogP contribution in [-0.2, 0) is 15.1 Å². The van der Waals surface area contributed by atoms with Gasteiger partial charge in [0.15, 0.2) is 5.54 Å². The lowest BCUT2D eigenvalue weighted by atomic mass is 9.79. The fourth-order valence-corrected chi connectivity index (χ4v) is 4.56. The number of likely N-dealkylation sites (tertiary alicyclic amines) is 1. The first-order chi connectivity index (χ1) is 13.4. The van der Waals surface area contributed by atoms with Gasteiger partial charge >= 0.3 is 5.97 Å². The average molecular weight is 381 g/mol. The van der Waals surface area contributed by atoms with Crippen LogP contribution in [0.1, 0.15) is 27.4 Å². The third-order valence-corrected chi connectivity index (χ3v) is 5.80. The Morgan fingerprint density at radius 1 is 1.25 bits per heavy atom. The van der Waals surface area contributed by atoms with Gasteiger partial charge in [-0.3, -0.25) is 19.8 Å². The number of hydrogen-bond donors (Lipinski definition) is 1. The van der Waals surface area contributed by atoms with Gasteiger partial charge in [0.25, 0.3) is 11.9 Å². The van der Waals surface area contributed by atoms with Crippen molar-refractivity contribution in [3.8, 4) is 0 Å². The molecule has 0 unspecified atom stereocenters. The summed E-state index contributed by atoms with van der Waals surface area (Å²) in [5.74, 6) is -1.36. The smallest absolute Gasteiger partial charge is 0.337 e. The summed E-state index contributed by atoms with van der Waals surface area (Å²) in [4.78, 5) is 38.3. The number of fused-ring (bicyclic) bond motifs is 2. The van der Waals surface area contributed by atoms with Crippen molar-refractivity contribution in [3.05, 3.63) is 75.3 Å². The number of ether oxygens (including phenoxy) is 1. The summed E-state index contributed by atoms with van der Waals surface area (Å²) in [5.41, 5.74) is 0.932. The first-order valence-corrected chi connectivity index (χ1v) is 8.85. The van der Waals surface area contributed by atoms with Gasteiger partial charge < -0.3 is 10.1 Å². The summed E-state index contributed by atoms with van der Waals surface area (Å²) in [5, 5.41) is 15.0.